The summed E-state index contributed by atoms with van der Waals surface area (Å²) in [5, 5.41) is 3.30. The van der Waals surface area contributed by atoms with Gasteiger partial charge in [0.25, 0.3) is 0 Å². The number of carbonyl (C=O) groups is 1. The molecular weight excluding hydrogens is 226 g/mol. The normalized spacial score (nSPS) is 20.7. The average molecular weight is 253 g/mol. The largest absolute Gasteiger partial charge is 0.338 e. The summed E-state index contributed by atoms with van der Waals surface area (Å²) < 4.78 is 0. The third kappa shape index (κ3) is 4.78. The Kier molecular flexibility index (Phi) is 6.36. The number of likely N-dealkylation sites (tertiary alicyclic amines) is 1. The van der Waals surface area contributed by atoms with Crippen molar-refractivity contribution in [3.63, 3.8) is 0 Å². The summed E-state index contributed by atoms with van der Waals surface area (Å²) in [5.74, 6) is 0.220. The van der Waals surface area contributed by atoms with Gasteiger partial charge in [-0.2, -0.15) is 0 Å². The van der Waals surface area contributed by atoms with Crippen molar-refractivity contribution in [3.05, 3.63) is 12.2 Å². The summed E-state index contributed by atoms with van der Waals surface area (Å²) in [4.78, 5) is 16.3. The summed E-state index contributed by atoms with van der Waals surface area (Å²) >= 11 is 0. The van der Waals surface area contributed by atoms with E-state index in [1.165, 1.54) is 12.8 Å². The molecule has 1 rings (SSSR count). The van der Waals surface area contributed by atoms with Gasteiger partial charge >= 0.3 is 0 Å². The van der Waals surface area contributed by atoms with Gasteiger partial charge in [-0.25, -0.2) is 0 Å². The molecule has 4 heteroatoms. The van der Waals surface area contributed by atoms with E-state index in [9.17, 15) is 4.79 Å². The third-order valence-corrected chi connectivity index (χ3v) is 3.47. The van der Waals surface area contributed by atoms with E-state index in [2.05, 4.69) is 16.8 Å². The first-order valence-electron chi connectivity index (χ1n) is 6.88. The molecule has 0 spiro atoms. The zero-order chi connectivity index (χ0) is 13.5. The lowest BCUT2D eigenvalue weighted by atomic mass is 10.1. The Morgan fingerprint density at radius 3 is 2.83 bits per heavy atom. The van der Waals surface area contributed by atoms with Gasteiger partial charge in [-0.15, -0.1) is 0 Å². The molecule has 0 aliphatic carbocycles. The minimum atomic E-state index is 0.220. The van der Waals surface area contributed by atoms with Crippen molar-refractivity contribution in [1.29, 1.82) is 0 Å². The first-order valence-corrected chi connectivity index (χ1v) is 6.88. The first-order chi connectivity index (χ1) is 8.56. The van der Waals surface area contributed by atoms with Crippen LogP contribution >= 0.6 is 0 Å². The predicted molar refractivity (Wildman–Crippen MR) is 75.6 cm³/mol. The molecular formula is C14H27N3O. The van der Waals surface area contributed by atoms with E-state index in [1.807, 2.05) is 25.8 Å². The quantitative estimate of drug-likeness (QED) is 0.720. The fraction of sp³-hybridized carbons (Fsp3) is 0.786. The lowest BCUT2D eigenvalue weighted by Crippen LogP contribution is -2.48. The van der Waals surface area contributed by atoms with Crippen molar-refractivity contribution < 1.29 is 4.79 Å². The van der Waals surface area contributed by atoms with Crippen LogP contribution in [0.4, 0.5) is 0 Å². The smallest absolute Gasteiger partial charge is 0.237 e. The Morgan fingerprint density at radius 1 is 1.56 bits per heavy atom. The van der Waals surface area contributed by atoms with E-state index >= 15 is 0 Å². The van der Waals surface area contributed by atoms with Crippen LogP contribution < -0.4 is 5.32 Å². The maximum Gasteiger partial charge on any atom is 0.237 e. The summed E-state index contributed by atoms with van der Waals surface area (Å²) in [6.07, 6.45) is 2.38. The number of hydrogen-bond donors (Lipinski definition) is 1. The number of hydrogen-bond acceptors (Lipinski definition) is 3. The van der Waals surface area contributed by atoms with Crippen LogP contribution in [0.5, 0.6) is 0 Å². The molecule has 1 aliphatic heterocycles. The number of nitrogens with one attached hydrogen (secondary N) is 1. The molecule has 1 atom stereocenters. The number of nitrogens with zero attached hydrogens (tertiary/aromatic N) is 2. The molecule has 0 aromatic rings. The van der Waals surface area contributed by atoms with E-state index in [4.69, 9.17) is 0 Å². The van der Waals surface area contributed by atoms with E-state index in [-0.39, 0.29) is 5.91 Å². The van der Waals surface area contributed by atoms with E-state index in [0.29, 0.717) is 19.1 Å². The highest BCUT2D eigenvalue weighted by Gasteiger charge is 2.22. The van der Waals surface area contributed by atoms with Gasteiger partial charge in [0.15, 0.2) is 0 Å². The number of amides is 1. The number of carbonyl (C=O) groups excluding carboxylic acids is 1. The molecule has 1 unspecified atom stereocenters. The average Bonchev–Trinajstić information content (AvgIpc) is 2.35. The second-order valence-electron chi connectivity index (χ2n) is 5.23. The summed E-state index contributed by atoms with van der Waals surface area (Å²) in [7, 11) is 2.00. The topological polar surface area (TPSA) is 35.6 Å². The van der Waals surface area contributed by atoms with Crippen molar-refractivity contribution >= 4 is 5.91 Å². The molecule has 1 heterocycles. The molecule has 4 nitrogen and oxygen atoms in total. The molecule has 1 saturated heterocycles. The summed E-state index contributed by atoms with van der Waals surface area (Å²) in [6.45, 7) is 11.9. The molecule has 0 aromatic carbocycles. The summed E-state index contributed by atoms with van der Waals surface area (Å²) in [6, 6.07) is 0.530. The summed E-state index contributed by atoms with van der Waals surface area (Å²) in [5.41, 5.74) is 1.04. The predicted octanol–water partition coefficient (Wildman–Crippen LogP) is 1.09. The Hall–Kier alpha value is -0.870. The van der Waals surface area contributed by atoms with Gasteiger partial charge < -0.3 is 10.2 Å². The van der Waals surface area contributed by atoms with Crippen molar-refractivity contribution in [1.82, 2.24) is 15.1 Å². The lowest BCUT2D eigenvalue weighted by Gasteiger charge is -2.33. The molecule has 1 fully saturated rings. The van der Waals surface area contributed by atoms with Crippen LogP contribution in [-0.4, -0.2) is 61.5 Å². The number of rotatable bonds is 6. The van der Waals surface area contributed by atoms with Crippen molar-refractivity contribution in [2.75, 3.05) is 39.8 Å². The Bertz CT molecular complexity index is 291. The van der Waals surface area contributed by atoms with E-state index < -0.39 is 0 Å². The van der Waals surface area contributed by atoms with Crippen LogP contribution in [0.25, 0.3) is 0 Å². The Balaban J connectivity index is 2.44. The van der Waals surface area contributed by atoms with Gasteiger partial charge in [-0.05, 0) is 40.3 Å². The highest BCUT2D eigenvalue weighted by molar-refractivity contribution is 5.78. The molecule has 104 valence electrons. The third-order valence-electron chi connectivity index (χ3n) is 3.47. The van der Waals surface area contributed by atoms with Crippen LogP contribution in [0.15, 0.2) is 12.2 Å². The van der Waals surface area contributed by atoms with Crippen molar-refractivity contribution in [3.8, 4) is 0 Å². The molecule has 18 heavy (non-hydrogen) atoms. The zero-order valence-corrected chi connectivity index (χ0v) is 12.0. The van der Waals surface area contributed by atoms with Crippen molar-refractivity contribution in [2.45, 2.75) is 32.7 Å². The highest BCUT2D eigenvalue weighted by Crippen LogP contribution is 2.10. The van der Waals surface area contributed by atoms with Crippen LogP contribution in [-0.2, 0) is 4.79 Å². The second kappa shape index (κ2) is 7.54. The van der Waals surface area contributed by atoms with Gasteiger partial charge in [0.1, 0.15) is 0 Å². The lowest BCUT2D eigenvalue weighted by molar-refractivity contribution is -0.132. The fourth-order valence-corrected chi connectivity index (χ4v) is 2.43. The van der Waals surface area contributed by atoms with Crippen LogP contribution in [0.2, 0.25) is 0 Å². The van der Waals surface area contributed by atoms with Gasteiger partial charge in [0.05, 0.1) is 6.54 Å². The standard InChI is InChI=1S/C14H27N3O/c1-5-17(9-12(2)3)14(18)11-16-8-6-7-13(10-16)15-4/h13,15H,2,5-11H2,1,3-4H3. The van der Waals surface area contributed by atoms with E-state index in [1.54, 1.807) is 0 Å². The number of likely N-dealkylation sites (N-methyl/N-ethyl adjacent to an activating group) is 2. The maximum atomic E-state index is 12.2. The van der Waals surface area contributed by atoms with Gasteiger partial charge in [0.2, 0.25) is 5.91 Å². The van der Waals surface area contributed by atoms with Gasteiger partial charge in [-0.1, -0.05) is 12.2 Å². The van der Waals surface area contributed by atoms with Crippen LogP contribution in [0.3, 0.4) is 0 Å². The molecule has 1 amide bonds. The molecule has 0 radical (unpaired) electrons. The van der Waals surface area contributed by atoms with Crippen LogP contribution in [0.1, 0.15) is 26.7 Å². The van der Waals surface area contributed by atoms with Crippen LogP contribution in [0, 0.1) is 0 Å². The minimum Gasteiger partial charge on any atom is -0.338 e. The molecule has 0 bridgehead atoms. The minimum absolute atomic E-state index is 0.220. The monoisotopic (exact) mass is 253 g/mol. The second-order valence-corrected chi connectivity index (χ2v) is 5.23. The molecule has 1 N–H and O–H groups in total. The van der Waals surface area contributed by atoms with E-state index in [0.717, 1.165) is 25.2 Å². The Labute approximate surface area is 111 Å². The highest BCUT2D eigenvalue weighted by atomic mass is 16.2. The Morgan fingerprint density at radius 2 is 2.28 bits per heavy atom. The molecule has 1 aliphatic rings. The molecule has 0 aromatic heterocycles. The van der Waals surface area contributed by atoms with Gasteiger partial charge in [-0.3, -0.25) is 9.69 Å². The zero-order valence-electron chi connectivity index (χ0n) is 12.0. The van der Waals surface area contributed by atoms with Crippen molar-refractivity contribution in [2.24, 2.45) is 0 Å². The fourth-order valence-electron chi connectivity index (χ4n) is 2.43. The maximum absolute atomic E-state index is 12.2. The SMILES string of the molecule is C=C(C)CN(CC)C(=O)CN1CCCC(NC)C1. The first kappa shape index (κ1) is 15.2. The van der Waals surface area contributed by atoms with Gasteiger partial charge in [0, 0.05) is 25.7 Å². The number of piperidine rings is 1. The molecule has 0 saturated carbocycles.